The number of thiazole rings is 1. The Hall–Kier alpha value is -3.93. The molecule has 3 aromatic heterocycles. The average Bonchev–Trinajstić information content (AvgIpc) is 3.41. The number of hydrogen-bond donors (Lipinski definition) is 2. The summed E-state index contributed by atoms with van der Waals surface area (Å²) in [5.41, 5.74) is 0.529. The molecule has 0 aliphatic rings. The minimum atomic E-state index is -4.55. The molecule has 12 heteroatoms. The first-order valence-corrected chi connectivity index (χ1v) is 11.6. The SMILES string of the molecule is Cc1nc(NC(=O)Nc2cccnc2Oc2ccccc2C(C)(C)C)sc1-n1ccc(C(F)(F)F)n1. The maximum Gasteiger partial charge on any atom is 0.435 e. The van der Waals surface area contributed by atoms with Crippen LogP contribution in [0, 0.1) is 6.92 Å². The standard InChI is InChI=1S/C24H23F3N6O2S/c1-14-20(33-13-11-18(32-33)24(25,26)27)36-22(29-14)31-21(34)30-16-9-7-12-28-19(16)35-17-10-6-5-8-15(17)23(2,3)4/h5-13H,1-4H3,(H2,29,30,31,34). The van der Waals surface area contributed by atoms with Crippen molar-refractivity contribution in [2.45, 2.75) is 39.3 Å². The van der Waals surface area contributed by atoms with Crippen LogP contribution in [0.3, 0.4) is 0 Å². The third-order valence-electron chi connectivity index (χ3n) is 5.00. The Labute approximate surface area is 209 Å². The average molecular weight is 517 g/mol. The summed E-state index contributed by atoms with van der Waals surface area (Å²) in [7, 11) is 0. The number of amides is 2. The van der Waals surface area contributed by atoms with E-state index in [9.17, 15) is 18.0 Å². The minimum Gasteiger partial charge on any atom is -0.437 e. The first-order valence-electron chi connectivity index (χ1n) is 10.8. The number of aryl methyl sites for hydroxylation is 1. The number of carbonyl (C=O) groups is 1. The van der Waals surface area contributed by atoms with Gasteiger partial charge in [-0.2, -0.15) is 18.3 Å². The number of anilines is 2. The molecule has 188 valence electrons. The molecule has 0 aliphatic heterocycles. The highest BCUT2D eigenvalue weighted by atomic mass is 32.1. The lowest BCUT2D eigenvalue weighted by Crippen LogP contribution is -2.20. The van der Waals surface area contributed by atoms with Crippen molar-refractivity contribution in [2.75, 3.05) is 10.6 Å². The number of para-hydroxylation sites is 1. The second-order valence-corrected chi connectivity index (χ2v) is 9.81. The van der Waals surface area contributed by atoms with Crippen LogP contribution in [0.5, 0.6) is 11.6 Å². The van der Waals surface area contributed by atoms with Crippen LogP contribution in [-0.2, 0) is 11.6 Å². The fraction of sp³-hybridized carbons (Fsp3) is 0.250. The van der Waals surface area contributed by atoms with Crippen LogP contribution in [0.4, 0.5) is 28.8 Å². The lowest BCUT2D eigenvalue weighted by Gasteiger charge is -2.22. The monoisotopic (exact) mass is 516 g/mol. The molecule has 1 aromatic carbocycles. The van der Waals surface area contributed by atoms with Crippen molar-refractivity contribution in [1.82, 2.24) is 19.7 Å². The molecule has 8 nitrogen and oxygen atoms in total. The van der Waals surface area contributed by atoms with E-state index in [0.717, 1.165) is 27.6 Å². The molecule has 0 unspecified atom stereocenters. The van der Waals surface area contributed by atoms with Gasteiger partial charge in [-0.3, -0.25) is 5.32 Å². The van der Waals surface area contributed by atoms with Gasteiger partial charge in [0.2, 0.25) is 5.88 Å². The van der Waals surface area contributed by atoms with Crippen molar-refractivity contribution in [3.05, 3.63) is 71.8 Å². The zero-order valence-electron chi connectivity index (χ0n) is 19.8. The highest BCUT2D eigenvalue weighted by molar-refractivity contribution is 7.18. The van der Waals surface area contributed by atoms with E-state index in [4.69, 9.17) is 4.74 Å². The van der Waals surface area contributed by atoms with Crippen LogP contribution < -0.4 is 15.4 Å². The van der Waals surface area contributed by atoms with Gasteiger partial charge in [0.05, 0.1) is 5.69 Å². The molecular weight excluding hydrogens is 493 g/mol. The van der Waals surface area contributed by atoms with Gasteiger partial charge in [-0.15, -0.1) is 0 Å². The second kappa shape index (κ2) is 9.61. The van der Waals surface area contributed by atoms with E-state index >= 15 is 0 Å². The van der Waals surface area contributed by atoms with E-state index in [-0.39, 0.29) is 16.4 Å². The molecule has 0 spiro atoms. The molecule has 0 fully saturated rings. The van der Waals surface area contributed by atoms with E-state index in [1.54, 1.807) is 25.3 Å². The Morgan fingerprint density at radius 1 is 1.06 bits per heavy atom. The van der Waals surface area contributed by atoms with Gasteiger partial charge in [0.1, 0.15) is 16.4 Å². The second-order valence-electron chi connectivity index (χ2n) is 8.84. The van der Waals surface area contributed by atoms with Gasteiger partial charge in [0, 0.05) is 18.0 Å². The van der Waals surface area contributed by atoms with Crippen LogP contribution in [0.15, 0.2) is 54.9 Å². The van der Waals surface area contributed by atoms with Crippen molar-refractivity contribution < 1.29 is 22.7 Å². The predicted molar refractivity (Wildman–Crippen MR) is 131 cm³/mol. The van der Waals surface area contributed by atoms with E-state index < -0.39 is 17.9 Å². The summed E-state index contributed by atoms with van der Waals surface area (Å²) in [4.78, 5) is 21.2. The largest absolute Gasteiger partial charge is 0.437 e. The van der Waals surface area contributed by atoms with Crippen LogP contribution in [-0.4, -0.2) is 25.8 Å². The van der Waals surface area contributed by atoms with E-state index in [2.05, 4.69) is 46.5 Å². The molecule has 0 saturated heterocycles. The minimum absolute atomic E-state index is 0.174. The highest BCUT2D eigenvalue weighted by Gasteiger charge is 2.34. The number of nitrogens with zero attached hydrogens (tertiary/aromatic N) is 4. The normalized spacial score (nSPS) is 11.9. The maximum absolute atomic E-state index is 12.9. The van der Waals surface area contributed by atoms with E-state index in [1.165, 1.54) is 6.20 Å². The summed E-state index contributed by atoms with van der Waals surface area (Å²) in [6.07, 6.45) is -1.81. The number of carbonyl (C=O) groups excluding carboxylic acids is 1. The number of aromatic nitrogens is 4. The smallest absolute Gasteiger partial charge is 0.435 e. The van der Waals surface area contributed by atoms with Crippen molar-refractivity contribution >= 4 is 28.2 Å². The lowest BCUT2D eigenvalue weighted by atomic mass is 9.86. The third kappa shape index (κ3) is 5.65. The van der Waals surface area contributed by atoms with Gasteiger partial charge < -0.3 is 10.1 Å². The molecule has 2 amide bonds. The van der Waals surface area contributed by atoms with E-state index in [1.807, 2.05) is 24.3 Å². The topological polar surface area (TPSA) is 94.0 Å². The van der Waals surface area contributed by atoms with Crippen LogP contribution in [0.25, 0.3) is 5.00 Å². The summed E-state index contributed by atoms with van der Waals surface area (Å²) < 4.78 is 45.8. The number of urea groups is 1. The van der Waals surface area contributed by atoms with Gasteiger partial charge >= 0.3 is 12.2 Å². The summed E-state index contributed by atoms with van der Waals surface area (Å²) >= 11 is 0.990. The Balaban J connectivity index is 1.50. The number of benzene rings is 1. The molecule has 0 radical (unpaired) electrons. The summed E-state index contributed by atoms with van der Waals surface area (Å²) in [6, 6.07) is 11.1. The zero-order chi connectivity index (χ0) is 26.1. The Kier molecular flexibility index (Phi) is 6.72. The molecule has 0 aliphatic carbocycles. The molecular formula is C24H23F3N6O2S. The fourth-order valence-corrected chi connectivity index (χ4v) is 4.24. The first kappa shape index (κ1) is 25.2. The first-order chi connectivity index (χ1) is 16.9. The van der Waals surface area contributed by atoms with Crippen molar-refractivity contribution in [1.29, 1.82) is 0 Å². The Morgan fingerprint density at radius 3 is 2.50 bits per heavy atom. The number of nitrogens with one attached hydrogen (secondary N) is 2. The number of rotatable bonds is 5. The fourth-order valence-electron chi connectivity index (χ4n) is 3.34. The van der Waals surface area contributed by atoms with Gasteiger partial charge in [0.25, 0.3) is 0 Å². The van der Waals surface area contributed by atoms with Crippen molar-refractivity contribution in [2.24, 2.45) is 0 Å². The van der Waals surface area contributed by atoms with Crippen LogP contribution in [0.2, 0.25) is 0 Å². The molecule has 2 N–H and O–H groups in total. The number of alkyl halides is 3. The molecule has 0 atom stereocenters. The molecule has 36 heavy (non-hydrogen) atoms. The Bertz CT molecular complexity index is 1390. The van der Waals surface area contributed by atoms with Gasteiger partial charge in [-0.1, -0.05) is 50.3 Å². The number of pyridine rings is 1. The lowest BCUT2D eigenvalue weighted by molar-refractivity contribution is -0.141. The highest BCUT2D eigenvalue weighted by Crippen LogP contribution is 2.36. The third-order valence-corrected chi connectivity index (χ3v) is 6.06. The molecule has 0 saturated carbocycles. The summed E-state index contributed by atoms with van der Waals surface area (Å²) in [5.74, 6) is 0.821. The van der Waals surface area contributed by atoms with Crippen LogP contribution >= 0.6 is 11.3 Å². The number of ether oxygens (including phenoxy) is 1. The van der Waals surface area contributed by atoms with Crippen LogP contribution in [0.1, 0.15) is 37.7 Å². The molecule has 4 aromatic rings. The van der Waals surface area contributed by atoms with Gasteiger partial charge in [0.15, 0.2) is 10.8 Å². The van der Waals surface area contributed by atoms with Crippen molar-refractivity contribution in [3.8, 4) is 16.6 Å². The quantitative estimate of drug-likeness (QED) is 0.305. The van der Waals surface area contributed by atoms with Gasteiger partial charge in [-0.25, -0.2) is 19.4 Å². The Morgan fingerprint density at radius 2 is 1.81 bits per heavy atom. The summed E-state index contributed by atoms with van der Waals surface area (Å²) in [5, 5.41) is 9.38. The molecule has 4 rings (SSSR count). The van der Waals surface area contributed by atoms with E-state index in [0.29, 0.717) is 22.1 Å². The molecule has 3 heterocycles. The number of hydrogen-bond acceptors (Lipinski definition) is 6. The zero-order valence-corrected chi connectivity index (χ0v) is 20.7. The molecule has 0 bridgehead atoms. The predicted octanol–water partition coefficient (Wildman–Crippen LogP) is 6.78. The summed E-state index contributed by atoms with van der Waals surface area (Å²) in [6.45, 7) is 7.82. The maximum atomic E-state index is 12.9. The van der Waals surface area contributed by atoms with Crippen molar-refractivity contribution in [3.63, 3.8) is 0 Å². The van der Waals surface area contributed by atoms with Gasteiger partial charge in [-0.05, 0) is 36.6 Å². The number of halogens is 3.